The molecule has 2 rings (SSSR count). The Kier molecular flexibility index (Phi) is 5.61. The highest BCUT2D eigenvalue weighted by Crippen LogP contribution is 2.35. The lowest BCUT2D eigenvalue weighted by molar-refractivity contribution is 0.163. The number of hydrogen-bond donors (Lipinski definition) is 1. The van der Waals surface area contributed by atoms with Gasteiger partial charge in [0.1, 0.15) is 0 Å². The highest BCUT2D eigenvalue weighted by molar-refractivity contribution is 7.92. The van der Waals surface area contributed by atoms with Gasteiger partial charge in [-0.1, -0.05) is 25.1 Å². The Morgan fingerprint density at radius 3 is 2.81 bits per heavy atom. The van der Waals surface area contributed by atoms with E-state index in [2.05, 4.69) is 12.2 Å². The van der Waals surface area contributed by atoms with Crippen LogP contribution in [0.4, 0.5) is 5.69 Å². The fourth-order valence-corrected chi connectivity index (χ4v) is 4.10. The summed E-state index contributed by atoms with van der Waals surface area (Å²) in [5, 5.41) is 3.42. The molecule has 1 aromatic rings. The van der Waals surface area contributed by atoms with Crippen LogP contribution >= 0.6 is 0 Å². The number of nitrogens with zero attached hydrogens (tertiary/aromatic N) is 1. The second-order valence-electron chi connectivity index (χ2n) is 5.04. The zero-order valence-electron chi connectivity index (χ0n) is 12.7. The van der Waals surface area contributed by atoms with Crippen molar-refractivity contribution in [3.8, 4) is 0 Å². The molecule has 1 N–H and O–H groups in total. The summed E-state index contributed by atoms with van der Waals surface area (Å²) in [6, 6.07) is 7.96. The molecule has 0 radical (unpaired) electrons. The maximum atomic E-state index is 12.5. The number of nitrogens with one attached hydrogen (secondary N) is 1. The molecule has 1 unspecified atom stereocenters. The van der Waals surface area contributed by atoms with E-state index in [4.69, 9.17) is 4.74 Å². The molecule has 21 heavy (non-hydrogen) atoms. The van der Waals surface area contributed by atoms with E-state index in [1.807, 2.05) is 31.2 Å². The van der Waals surface area contributed by atoms with Crippen molar-refractivity contribution in [2.24, 2.45) is 0 Å². The van der Waals surface area contributed by atoms with Gasteiger partial charge in [-0.25, -0.2) is 8.42 Å². The van der Waals surface area contributed by atoms with E-state index < -0.39 is 10.0 Å². The molecule has 6 heteroatoms. The van der Waals surface area contributed by atoms with Crippen LogP contribution in [0.1, 0.15) is 31.9 Å². The third kappa shape index (κ3) is 3.75. The first-order valence-corrected chi connectivity index (χ1v) is 9.11. The zero-order valence-corrected chi connectivity index (χ0v) is 13.5. The fraction of sp³-hybridized carbons (Fsp3) is 0.600. The van der Waals surface area contributed by atoms with Gasteiger partial charge in [0.15, 0.2) is 0 Å². The summed E-state index contributed by atoms with van der Waals surface area (Å²) >= 11 is 0. The van der Waals surface area contributed by atoms with Gasteiger partial charge in [-0.2, -0.15) is 0 Å². The Morgan fingerprint density at radius 2 is 2.10 bits per heavy atom. The third-order valence-corrected chi connectivity index (χ3v) is 5.41. The monoisotopic (exact) mass is 312 g/mol. The highest BCUT2D eigenvalue weighted by atomic mass is 32.2. The van der Waals surface area contributed by atoms with E-state index in [0.717, 1.165) is 24.2 Å². The molecular weight excluding hydrogens is 288 g/mol. The molecule has 118 valence electrons. The topological polar surface area (TPSA) is 58.6 Å². The number of para-hydroxylation sites is 1. The quantitative estimate of drug-likeness (QED) is 0.782. The van der Waals surface area contributed by atoms with Crippen LogP contribution in [0, 0.1) is 0 Å². The molecule has 0 amide bonds. The van der Waals surface area contributed by atoms with Crippen LogP contribution in [0.2, 0.25) is 0 Å². The van der Waals surface area contributed by atoms with E-state index in [9.17, 15) is 8.42 Å². The van der Waals surface area contributed by atoms with Crippen LogP contribution in [0.5, 0.6) is 0 Å². The Labute approximate surface area is 127 Å². The van der Waals surface area contributed by atoms with Gasteiger partial charge in [0.05, 0.1) is 18.0 Å². The van der Waals surface area contributed by atoms with Crippen LogP contribution in [-0.2, 0) is 14.8 Å². The van der Waals surface area contributed by atoms with Crippen molar-refractivity contribution in [1.29, 1.82) is 0 Å². The second kappa shape index (κ2) is 7.24. The number of sulfonamides is 1. The van der Waals surface area contributed by atoms with Crippen LogP contribution in [-0.4, -0.2) is 40.5 Å². The number of hydrogen-bond acceptors (Lipinski definition) is 4. The number of benzene rings is 1. The lowest BCUT2D eigenvalue weighted by atomic mass is 9.98. The van der Waals surface area contributed by atoms with Crippen molar-refractivity contribution < 1.29 is 13.2 Å². The van der Waals surface area contributed by atoms with Crippen LogP contribution in [0.15, 0.2) is 24.3 Å². The summed E-state index contributed by atoms with van der Waals surface area (Å²) in [5.41, 5.74) is 1.86. The van der Waals surface area contributed by atoms with Gasteiger partial charge < -0.3 is 10.1 Å². The predicted octanol–water partition coefficient (Wildman–Crippen LogP) is 1.91. The van der Waals surface area contributed by atoms with Gasteiger partial charge in [-0.05, 0) is 31.5 Å². The van der Waals surface area contributed by atoms with Gasteiger partial charge in [-0.15, -0.1) is 0 Å². The Bertz CT molecular complexity index is 560. The molecule has 1 aliphatic rings. The maximum absolute atomic E-state index is 12.5. The van der Waals surface area contributed by atoms with E-state index in [-0.39, 0.29) is 18.4 Å². The van der Waals surface area contributed by atoms with Crippen LogP contribution in [0.25, 0.3) is 0 Å². The molecular formula is C15H24N2O3S. The molecule has 0 aliphatic carbocycles. The SMILES string of the molecule is CCNC1CCN(S(=O)(=O)CCOCC)c2ccccc21. The summed E-state index contributed by atoms with van der Waals surface area (Å²) in [6.45, 7) is 6.10. The second-order valence-corrected chi connectivity index (χ2v) is 7.06. The number of fused-ring (bicyclic) bond motifs is 1. The third-order valence-electron chi connectivity index (χ3n) is 3.68. The number of ether oxygens (including phenoxy) is 1. The molecule has 0 fully saturated rings. The minimum atomic E-state index is -3.33. The predicted molar refractivity (Wildman–Crippen MR) is 85.1 cm³/mol. The minimum Gasteiger partial charge on any atom is -0.381 e. The van der Waals surface area contributed by atoms with Crippen molar-refractivity contribution >= 4 is 15.7 Å². The standard InChI is InChI=1S/C15H24N2O3S/c1-3-16-14-9-10-17(15-8-6-5-7-13(14)15)21(18,19)12-11-20-4-2/h5-8,14,16H,3-4,9-12H2,1-2H3. The first kappa shape index (κ1) is 16.3. The molecule has 5 nitrogen and oxygen atoms in total. The van der Waals surface area contributed by atoms with Gasteiger partial charge in [0, 0.05) is 19.2 Å². The normalized spacial score (nSPS) is 18.6. The average Bonchev–Trinajstić information content (AvgIpc) is 2.48. The average molecular weight is 312 g/mol. The van der Waals surface area contributed by atoms with Crippen molar-refractivity contribution in [1.82, 2.24) is 5.32 Å². The summed E-state index contributed by atoms with van der Waals surface area (Å²) in [4.78, 5) is 0. The molecule has 0 saturated heterocycles. The molecule has 0 aromatic heterocycles. The first-order chi connectivity index (χ1) is 10.1. The summed E-state index contributed by atoms with van der Waals surface area (Å²) in [6.07, 6.45) is 0.790. The lowest BCUT2D eigenvalue weighted by Gasteiger charge is -2.35. The summed E-state index contributed by atoms with van der Waals surface area (Å²) in [5.74, 6) is 0.0288. The number of anilines is 1. The summed E-state index contributed by atoms with van der Waals surface area (Å²) in [7, 11) is -3.33. The largest absolute Gasteiger partial charge is 0.381 e. The molecule has 1 aliphatic heterocycles. The van der Waals surface area contributed by atoms with Gasteiger partial charge >= 0.3 is 0 Å². The molecule has 1 atom stereocenters. The molecule has 0 saturated carbocycles. The maximum Gasteiger partial charge on any atom is 0.237 e. The fourth-order valence-electron chi connectivity index (χ4n) is 2.70. The molecule has 1 aromatic carbocycles. The molecule has 1 heterocycles. The van der Waals surface area contributed by atoms with Gasteiger partial charge in [0.2, 0.25) is 10.0 Å². The smallest absolute Gasteiger partial charge is 0.237 e. The van der Waals surface area contributed by atoms with E-state index in [1.54, 1.807) is 0 Å². The van der Waals surface area contributed by atoms with Gasteiger partial charge in [0.25, 0.3) is 0 Å². The molecule has 0 bridgehead atoms. The molecule has 0 spiro atoms. The zero-order chi connectivity index (χ0) is 15.3. The first-order valence-electron chi connectivity index (χ1n) is 7.50. The lowest BCUT2D eigenvalue weighted by Crippen LogP contribution is -2.41. The Balaban J connectivity index is 2.24. The summed E-state index contributed by atoms with van der Waals surface area (Å²) < 4.78 is 31.8. The van der Waals surface area contributed by atoms with E-state index in [1.165, 1.54) is 4.31 Å². The van der Waals surface area contributed by atoms with Gasteiger partial charge in [-0.3, -0.25) is 4.31 Å². The van der Waals surface area contributed by atoms with Crippen molar-refractivity contribution in [2.75, 3.05) is 36.4 Å². The number of rotatable bonds is 7. The van der Waals surface area contributed by atoms with Crippen molar-refractivity contribution in [2.45, 2.75) is 26.3 Å². The highest BCUT2D eigenvalue weighted by Gasteiger charge is 2.31. The van der Waals surface area contributed by atoms with Crippen LogP contribution < -0.4 is 9.62 Å². The van der Waals surface area contributed by atoms with E-state index >= 15 is 0 Å². The Hall–Kier alpha value is -1.11. The van der Waals surface area contributed by atoms with Crippen LogP contribution in [0.3, 0.4) is 0 Å². The Morgan fingerprint density at radius 1 is 1.33 bits per heavy atom. The minimum absolute atomic E-state index is 0.0288. The van der Waals surface area contributed by atoms with E-state index in [0.29, 0.717) is 13.2 Å². The van der Waals surface area contributed by atoms with Crippen molar-refractivity contribution in [3.05, 3.63) is 29.8 Å². The van der Waals surface area contributed by atoms with Crippen molar-refractivity contribution in [3.63, 3.8) is 0 Å².